The second-order valence-corrected chi connectivity index (χ2v) is 5.57. The molecule has 0 unspecified atom stereocenters. The summed E-state index contributed by atoms with van der Waals surface area (Å²) >= 11 is 1.22. The standard InChI is InChI=1S/C14H11F3N4S/c1-21-7-6-18-11(21)8-22-12-9-4-2-3-5-10(9)19-13(20-12)14(15,16)17/h2-7H,8H2,1H3. The predicted octanol–water partition coefficient (Wildman–Crippen LogP) is 3.67. The van der Waals surface area contributed by atoms with E-state index in [1.165, 1.54) is 11.8 Å². The van der Waals surface area contributed by atoms with Gasteiger partial charge in [0, 0.05) is 24.8 Å². The van der Waals surface area contributed by atoms with Crippen LogP contribution in [0.3, 0.4) is 0 Å². The van der Waals surface area contributed by atoms with Crippen molar-refractivity contribution in [2.75, 3.05) is 0 Å². The highest BCUT2D eigenvalue weighted by Gasteiger charge is 2.35. The Morgan fingerprint density at radius 3 is 2.64 bits per heavy atom. The normalized spacial score (nSPS) is 12.0. The third-order valence-electron chi connectivity index (χ3n) is 3.08. The lowest BCUT2D eigenvalue weighted by Gasteiger charge is -2.10. The Bertz CT molecular complexity index is 813. The molecule has 2 heterocycles. The van der Waals surface area contributed by atoms with Gasteiger partial charge in [0.25, 0.3) is 0 Å². The molecular formula is C14H11F3N4S. The minimum absolute atomic E-state index is 0.284. The van der Waals surface area contributed by atoms with Crippen LogP contribution in [0, 0.1) is 0 Å². The Morgan fingerprint density at radius 2 is 1.95 bits per heavy atom. The molecule has 0 aliphatic rings. The van der Waals surface area contributed by atoms with E-state index >= 15 is 0 Å². The zero-order chi connectivity index (χ0) is 15.7. The number of benzene rings is 1. The molecule has 3 aromatic rings. The summed E-state index contributed by atoms with van der Waals surface area (Å²) in [6, 6.07) is 6.68. The van der Waals surface area contributed by atoms with Gasteiger partial charge < -0.3 is 4.57 Å². The summed E-state index contributed by atoms with van der Waals surface area (Å²) in [7, 11) is 1.84. The van der Waals surface area contributed by atoms with Crippen molar-refractivity contribution in [1.29, 1.82) is 0 Å². The highest BCUT2D eigenvalue weighted by molar-refractivity contribution is 7.98. The fraction of sp³-hybridized carbons (Fsp3) is 0.214. The number of aromatic nitrogens is 4. The van der Waals surface area contributed by atoms with Gasteiger partial charge in [-0.05, 0) is 6.07 Å². The van der Waals surface area contributed by atoms with Crippen LogP contribution in [-0.4, -0.2) is 19.5 Å². The number of hydrogen-bond donors (Lipinski definition) is 0. The van der Waals surface area contributed by atoms with E-state index in [0.717, 1.165) is 5.82 Å². The van der Waals surface area contributed by atoms with E-state index in [2.05, 4.69) is 15.0 Å². The second kappa shape index (κ2) is 5.60. The molecule has 0 aliphatic heterocycles. The first-order valence-electron chi connectivity index (χ1n) is 6.38. The summed E-state index contributed by atoms with van der Waals surface area (Å²) < 4.78 is 40.6. The first-order valence-corrected chi connectivity index (χ1v) is 7.36. The molecule has 22 heavy (non-hydrogen) atoms. The van der Waals surface area contributed by atoms with Gasteiger partial charge in [0.2, 0.25) is 5.82 Å². The van der Waals surface area contributed by atoms with Gasteiger partial charge in [-0.3, -0.25) is 0 Å². The predicted molar refractivity (Wildman–Crippen MR) is 77.3 cm³/mol. The van der Waals surface area contributed by atoms with Gasteiger partial charge in [0.1, 0.15) is 10.9 Å². The maximum absolute atomic E-state index is 12.9. The van der Waals surface area contributed by atoms with E-state index in [1.807, 2.05) is 11.6 Å². The Morgan fingerprint density at radius 1 is 1.18 bits per heavy atom. The zero-order valence-corrected chi connectivity index (χ0v) is 12.3. The molecule has 0 N–H and O–H groups in total. The van der Waals surface area contributed by atoms with Crippen LogP contribution in [0.25, 0.3) is 10.9 Å². The first kappa shape index (κ1) is 14.8. The molecule has 3 rings (SSSR count). The number of halogens is 3. The molecule has 114 valence electrons. The smallest absolute Gasteiger partial charge is 0.337 e. The quantitative estimate of drug-likeness (QED) is 0.544. The molecule has 1 aromatic carbocycles. The number of nitrogens with zero attached hydrogens (tertiary/aromatic N) is 4. The zero-order valence-electron chi connectivity index (χ0n) is 11.5. The summed E-state index contributed by atoms with van der Waals surface area (Å²) in [5.74, 6) is 0.0803. The van der Waals surface area contributed by atoms with Gasteiger partial charge in [-0.2, -0.15) is 13.2 Å². The van der Waals surface area contributed by atoms with Gasteiger partial charge in [0.05, 0.1) is 11.3 Å². The summed E-state index contributed by atoms with van der Waals surface area (Å²) in [6.07, 6.45) is -1.13. The molecule has 0 aliphatic carbocycles. The molecule has 0 atom stereocenters. The molecule has 2 aromatic heterocycles. The third-order valence-corrected chi connectivity index (χ3v) is 4.07. The third kappa shape index (κ3) is 2.92. The molecule has 0 bridgehead atoms. The van der Waals surface area contributed by atoms with Crippen LogP contribution < -0.4 is 0 Å². The lowest BCUT2D eigenvalue weighted by Crippen LogP contribution is -2.11. The van der Waals surface area contributed by atoms with E-state index in [0.29, 0.717) is 16.2 Å². The largest absolute Gasteiger partial charge is 0.451 e. The van der Waals surface area contributed by atoms with Crippen LogP contribution in [-0.2, 0) is 19.0 Å². The van der Waals surface area contributed by atoms with Gasteiger partial charge in [0.15, 0.2) is 0 Å². The average Bonchev–Trinajstić information content (AvgIpc) is 2.89. The fourth-order valence-electron chi connectivity index (χ4n) is 1.95. The number of thioether (sulfide) groups is 1. The molecule has 8 heteroatoms. The van der Waals surface area contributed by atoms with Crippen molar-refractivity contribution in [3.8, 4) is 0 Å². The number of fused-ring (bicyclic) bond motifs is 1. The van der Waals surface area contributed by atoms with Crippen molar-refractivity contribution in [1.82, 2.24) is 19.5 Å². The van der Waals surface area contributed by atoms with Crippen molar-refractivity contribution in [2.24, 2.45) is 7.05 Å². The van der Waals surface area contributed by atoms with Crippen LogP contribution in [0.5, 0.6) is 0 Å². The van der Waals surface area contributed by atoms with Gasteiger partial charge in [-0.15, -0.1) is 0 Å². The Balaban J connectivity index is 2.01. The number of imidazole rings is 1. The number of para-hydroxylation sites is 1. The van der Waals surface area contributed by atoms with Crippen molar-refractivity contribution >= 4 is 22.7 Å². The number of alkyl halides is 3. The van der Waals surface area contributed by atoms with Crippen LogP contribution in [0.4, 0.5) is 13.2 Å². The van der Waals surface area contributed by atoms with Crippen LogP contribution in [0.1, 0.15) is 11.6 Å². The van der Waals surface area contributed by atoms with Crippen molar-refractivity contribution < 1.29 is 13.2 Å². The molecule has 4 nitrogen and oxygen atoms in total. The average molecular weight is 324 g/mol. The molecule has 0 spiro atoms. The molecule has 0 fully saturated rings. The van der Waals surface area contributed by atoms with Crippen molar-refractivity contribution in [3.05, 3.63) is 48.3 Å². The van der Waals surface area contributed by atoms with E-state index in [9.17, 15) is 13.2 Å². The van der Waals surface area contributed by atoms with Gasteiger partial charge in [-0.1, -0.05) is 30.0 Å². The number of hydrogen-bond acceptors (Lipinski definition) is 4. The van der Waals surface area contributed by atoms with E-state index in [1.54, 1.807) is 36.7 Å². The monoisotopic (exact) mass is 324 g/mol. The molecular weight excluding hydrogens is 313 g/mol. The SMILES string of the molecule is Cn1ccnc1CSc1nc(C(F)(F)F)nc2ccccc12. The second-order valence-electron chi connectivity index (χ2n) is 4.61. The Labute approximate surface area is 128 Å². The Hall–Kier alpha value is -2.09. The lowest BCUT2D eigenvalue weighted by molar-refractivity contribution is -0.145. The number of aryl methyl sites for hydroxylation is 1. The van der Waals surface area contributed by atoms with Gasteiger partial charge >= 0.3 is 6.18 Å². The maximum Gasteiger partial charge on any atom is 0.451 e. The van der Waals surface area contributed by atoms with E-state index < -0.39 is 12.0 Å². The summed E-state index contributed by atoms with van der Waals surface area (Å²) in [4.78, 5) is 11.4. The molecule has 0 radical (unpaired) electrons. The molecule has 0 saturated carbocycles. The van der Waals surface area contributed by atoms with Crippen LogP contribution in [0.15, 0.2) is 41.7 Å². The number of rotatable bonds is 3. The first-order chi connectivity index (χ1) is 10.4. The minimum Gasteiger partial charge on any atom is -0.337 e. The van der Waals surface area contributed by atoms with Crippen LogP contribution >= 0.6 is 11.8 Å². The van der Waals surface area contributed by atoms with E-state index in [-0.39, 0.29) is 5.52 Å². The van der Waals surface area contributed by atoms with E-state index in [4.69, 9.17) is 0 Å². The fourth-order valence-corrected chi connectivity index (χ4v) is 2.98. The summed E-state index contributed by atoms with van der Waals surface area (Å²) in [5.41, 5.74) is 0.284. The highest BCUT2D eigenvalue weighted by atomic mass is 32.2. The van der Waals surface area contributed by atoms with Crippen LogP contribution in [0.2, 0.25) is 0 Å². The summed E-state index contributed by atoms with van der Waals surface area (Å²) in [5, 5.41) is 0.913. The van der Waals surface area contributed by atoms with Gasteiger partial charge in [-0.25, -0.2) is 15.0 Å². The van der Waals surface area contributed by atoms with Crippen molar-refractivity contribution in [3.63, 3.8) is 0 Å². The molecule has 0 saturated heterocycles. The topological polar surface area (TPSA) is 43.6 Å². The lowest BCUT2D eigenvalue weighted by atomic mass is 10.2. The minimum atomic E-state index is -4.57. The summed E-state index contributed by atoms with van der Waals surface area (Å²) in [6.45, 7) is 0. The Kier molecular flexibility index (Phi) is 3.78. The van der Waals surface area contributed by atoms with Crippen molar-refractivity contribution in [2.45, 2.75) is 17.0 Å². The molecule has 0 amide bonds. The maximum atomic E-state index is 12.9. The highest BCUT2D eigenvalue weighted by Crippen LogP contribution is 2.32.